The van der Waals surface area contributed by atoms with Crippen molar-refractivity contribution < 1.29 is 14.0 Å². The Morgan fingerprint density at radius 1 is 1.22 bits per heavy atom. The number of amides is 2. The van der Waals surface area contributed by atoms with E-state index < -0.39 is 5.82 Å². The maximum atomic E-state index is 13.9. The minimum atomic E-state index is -0.606. The first-order valence-electron chi connectivity index (χ1n) is 6.38. The van der Waals surface area contributed by atoms with Crippen molar-refractivity contribution in [2.45, 2.75) is 0 Å². The summed E-state index contributed by atoms with van der Waals surface area (Å²) in [6.07, 6.45) is 1.96. The molecular weight excluding hydrogens is 325 g/mol. The van der Waals surface area contributed by atoms with Crippen molar-refractivity contribution in [3.8, 4) is 11.3 Å². The fourth-order valence-electron chi connectivity index (χ4n) is 2.27. The summed E-state index contributed by atoms with van der Waals surface area (Å²) in [6, 6.07) is 6.57. The lowest BCUT2D eigenvalue weighted by Crippen LogP contribution is -2.15. The van der Waals surface area contributed by atoms with Gasteiger partial charge in [-0.15, -0.1) is 0 Å². The summed E-state index contributed by atoms with van der Waals surface area (Å²) >= 11 is 5.71. The Morgan fingerprint density at radius 3 is 2.78 bits per heavy atom. The largest absolute Gasteiger partial charge is 0.313 e. The lowest BCUT2D eigenvalue weighted by molar-refractivity contribution is -0.106. The van der Waals surface area contributed by atoms with E-state index in [1.165, 1.54) is 4.68 Å². The molecule has 0 atom stereocenters. The minimum Gasteiger partial charge on any atom is -0.313 e. The molecule has 0 spiro atoms. The summed E-state index contributed by atoms with van der Waals surface area (Å²) < 4.78 is 15.3. The average Bonchev–Trinajstić information content (AvgIpc) is 2.87. The standard InChI is InChI=1S/C14H9ClFN5O2/c15-14-17-5-10(16)13(20-14)8-1-2-11-9(3-8)4-12(18-6-22)21(11)19-7-23/h1-7H,(H,18,22)(H,19,23). The van der Waals surface area contributed by atoms with E-state index in [-0.39, 0.29) is 11.0 Å². The van der Waals surface area contributed by atoms with E-state index in [1.807, 2.05) is 0 Å². The molecule has 116 valence electrons. The summed E-state index contributed by atoms with van der Waals surface area (Å²) in [4.78, 5) is 28.8. The Morgan fingerprint density at radius 2 is 2.04 bits per heavy atom. The summed E-state index contributed by atoms with van der Waals surface area (Å²) in [5, 5.41) is 3.07. The molecule has 9 heteroatoms. The number of carbonyl (C=O) groups excluding carboxylic acids is 2. The van der Waals surface area contributed by atoms with Crippen LogP contribution in [0.4, 0.5) is 10.2 Å². The van der Waals surface area contributed by atoms with Gasteiger partial charge in [0.2, 0.25) is 18.1 Å². The first kappa shape index (κ1) is 14.9. The smallest absolute Gasteiger partial charge is 0.226 e. The van der Waals surface area contributed by atoms with Crippen LogP contribution in [0.15, 0.2) is 30.5 Å². The monoisotopic (exact) mass is 333 g/mol. The number of anilines is 1. The normalized spacial score (nSPS) is 10.5. The molecule has 2 aromatic heterocycles. The van der Waals surface area contributed by atoms with Gasteiger partial charge in [0.05, 0.1) is 11.7 Å². The molecule has 0 saturated heterocycles. The molecular formula is C14H9ClFN5O2. The van der Waals surface area contributed by atoms with E-state index >= 15 is 0 Å². The molecule has 2 amide bonds. The molecule has 0 saturated carbocycles. The van der Waals surface area contributed by atoms with Crippen molar-refractivity contribution in [3.63, 3.8) is 0 Å². The number of fused-ring (bicyclic) bond motifs is 1. The lowest BCUT2D eigenvalue weighted by atomic mass is 10.1. The third-order valence-corrected chi connectivity index (χ3v) is 3.36. The molecule has 2 heterocycles. The van der Waals surface area contributed by atoms with E-state index in [0.29, 0.717) is 35.1 Å². The van der Waals surface area contributed by atoms with Gasteiger partial charge in [-0.1, -0.05) is 6.07 Å². The van der Waals surface area contributed by atoms with Gasteiger partial charge in [0.1, 0.15) is 11.5 Å². The molecule has 0 aliphatic rings. The quantitative estimate of drug-likeness (QED) is 0.553. The molecule has 3 aromatic rings. The zero-order valence-corrected chi connectivity index (χ0v) is 12.2. The summed E-state index contributed by atoms with van der Waals surface area (Å²) in [6.45, 7) is 0. The van der Waals surface area contributed by atoms with Crippen molar-refractivity contribution >= 4 is 41.1 Å². The first-order valence-corrected chi connectivity index (χ1v) is 6.76. The molecule has 1 aromatic carbocycles. The molecule has 2 N–H and O–H groups in total. The van der Waals surface area contributed by atoms with Gasteiger partial charge in [0.25, 0.3) is 0 Å². The van der Waals surface area contributed by atoms with E-state index in [4.69, 9.17) is 11.6 Å². The van der Waals surface area contributed by atoms with Crippen LogP contribution in [0.3, 0.4) is 0 Å². The molecule has 0 fully saturated rings. The van der Waals surface area contributed by atoms with Crippen LogP contribution in [0, 0.1) is 5.82 Å². The van der Waals surface area contributed by atoms with Gasteiger partial charge in [-0.25, -0.2) is 19.0 Å². The molecule has 23 heavy (non-hydrogen) atoms. The number of carbonyl (C=O) groups is 2. The number of aromatic nitrogens is 3. The number of benzene rings is 1. The van der Waals surface area contributed by atoms with Crippen LogP contribution in [-0.2, 0) is 9.59 Å². The predicted molar refractivity (Wildman–Crippen MR) is 83.0 cm³/mol. The summed E-state index contributed by atoms with van der Waals surface area (Å²) in [7, 11) is 0. The van der Waals surface area contributed by atoms with Crippen molar-refractivity contribution in [2.24, 2.45) is 0 Å². The van der Waals surface area contributed by atoms with E-state index in [9.17, 15) is 14.0 Å². The average molecular weight is 334 g/mol. The summed E-state index contributed by atoms with van der Waals surface area (Å²) in [5.41, 5.74) is 3.62. The van der Waals surface area contributed by atoms with Crippen LogP contribution in [0.1, 0.15) is 0 Å². The van der Waals surface area contributed by atoms with E-state index in [2.05, 4.69) is 20.7 Å². The zero-order valence-electron chi connectivity index (χ0n) is 11.5. The fraction of sp³-hybridized carbons (Fsp3) is 0. The highest BCUT2D eigenvalue weighted by Crippen LogP contribution is 2.28. The molecule has 0 bridgehead atoms. The second kappa shape index (κ2) is 6.01. The maximum absolute atomic E-state index is 13.9. The molecule has 7 nitrogen and oxygen atoms in total. The van der Waals surface area contributed by atoms with Crippen LogP contribution in [0.2, 0.25) is 5.28 Å². The van der Waals surface area contributed by atoms with Crippen LogP contribution in [0.5, 0.6) is 0 Å². The van der Waals surface area contributed by atoms with Crippen molar-refractivity contribution in [3.05, 3.63) is 41.6 Å². The van der Waals surface area contributed by atoms with Gasteiger partial charge in [-0.3, -0.25) is 15.0 Å². The topological polar surface area (TPSA) is 88.9 Å². The van der Waals surface area contributed by atoms with Gasteiger partial charge in [0.15, 0.2) is 5.82 Å². The number of nitrogens with zero attached hydrogens (tertiary/aromatic N) is 3. The Bertz CT molecular complexity index is 912. The minimum absolute atomic E-state index is 0.0629. The Hall–Kier alpha value is -3.00. The number of hydrogen-bond donors (Lipinski definition) is 2. The van der Waals surface area contributed by atoms with Gasteiger partial charge < -0.3 is 5.32 Å². The van der Waals surface area contributed by atoms with Gasteiger partial charge in [-0.2, -0.15) is 0 Å². The van der Waals surface area contributed by atoms with Gasteiger partial charge in [0, 0.05) is 10.9 Å². The van der Waals surface area contributed by atoms with Crippen molar-refractivity contribution in [2.75, 3.05) is 10.7 Å². The second-order valence-electron chi connectivity index (χ2n) is 4.48. The second-order valence-corrected chi connectivity index (χ2v) is 4.82. The Balaban J connectivity index is 2.17. The molecule has 0 aliphatic heterocycles. The van der Waals surface area contributed by atoms with Crippen molar-refractivity contribution in [1.82, 2.24) is 14.6 Å². The van der Waals surface area contributed by atoms with Gasteiger partial charge >= 0.3 is 0 Å². The highest BCUT2D eigenvalue weighted by Gasteiger charge is 2.13. The highest BCUT2D eigenvalue weighted by atomic mass is 35.5. The third kappa shape index (κ3) is 2.71. The Labute approximate surface area is 134 Å². The van der Waals surface area contributed by atoms with E-state index in [0.717, 1.165) is 6.20 Å². The van der Waals surface area contributed by atoms with Crippen molar-refractivity contribution in [1.29, 1.82) is 0 Å². The molecule has 0 unspecified atom stereocenters. The fourth-order valence-corrected chi connectivity index (χ4v) is 2.40. The van der Waals surface area contributed by atoms with E-state index in [1.54, 1.807) is 24.3 Å². The van der Waals surface area contributed by atoms with Crippen LogP contribution < -0.4 is 10.7 Å². The summed E-state index contributed by atoms with van der Waals surface area (Å²) in [5.74, 6) is -0.245. The van der Waals surface area contributed by atoms with Crippen LogP contribution >= 0.6 is 11.6 Å². The Kier molecular flexibility index (Phi) is 3.90. The van der Waals surface area contributed by atoms with Gasteiger partial charge in [-0.05, 0) is 29.8 Å². The molecule has 0 radical (unpaired) electrons. The number of halogens is 2. The number of rotatable bonds is 5. The number of nitrogens with one attached hydrogen (secondary N) is 2. The molecule has 3 rings (SSSR count). The van der Waals surface area contributed by atoms with Crippen LogP contribution in [-0.4, -0.2) is 27.5 Å². The maximum Gasteiger partial charge on any atom is 0.226 e. The third-order valence-electron chi connectivity index (χ3n) is 3.18. The first-order chi connectivity index (χ1) is 11.1. The zero-order chi connectivity index (χ0) is 16.4. The number of hydrogen-bond acceptors (Lipinski definition) is 4. The predicted octanol–water partition coefficient (Wildman–Crippen LogP) is 2.16. The van der Waals surface area contributed by atoms with Crippen LogP contribution in [0.25, 0.3) is 22.2 Å². The lowest BCUT2D eigenvalue weighted by Gasteiger charge is -2.07. The molecule has 0 aliphatic carbocycles. The SMILES string of the molecule is O=CNc1cc2cc(-c3nc(Cl)ncc3F)ccc2n1NC=O. The highest BCUT2D eigenvalue weighted by molar-refractivity contribution is 6.28.